The van der Waals surface area contributed by atoms with Gasteiger partial charge in [0.25, 0.3) is 0 Å². The average molecular weight is 454 g/mol. The first-order valence-electron chi connectivity index (χ1n) is 8.12. The van der Waals surface area contributed by atoms with E-state index in [1.165, 1.54) is 13.8 Å². The Morgan fingerprint density at radius 1 is 0.704 bits per heavy atom. The zero-order valence-electron chi connectivity index (χ0n) is 15.2. The molecule has 2 unspecified atom stereocenters. The average Bonchev–Trinajstić information content (AvgIpc) is 2.53. The number of ether oxygens (including phenoxy) is 2. The lowest BCUT2D eigenvalue weighted by molar-refractivity contribution is -0.000717. The molecule has 2 aromatic rings. The van der Waals surface area contributed by atoms with Crippen molar-refractivity contribution in [1.82, 2.24) is 0 Å². The van der Waals surface area contributed by atoms with Gasteiger partial charge in [-0.15, -0.1) is 0 Å². The maximum absolute atomic E-state index is 9.41. The summed E-state index contributed by atoms with van der Waals surface area (Å²) >= 11 is 25.2. The molecule has 0 aliphatic carbocycles. The number of halogens is 4. The molecule has 0 saturated heterocycles. The molecule has 0 aromatic heterocycles. The third kappa shape index (κ3) is 5.14. The van der Waals surface area contributed by atoms with Gasteiger partial charge in [-0.3, -0.25) is 0 Å². The van der Waals surface area contributed by atoms with Gasteiger partial charge in [0, 0.05) is 5.41 Å². The van der Waals surface area contributed by atoms with Crippen LogP contribution in [-0.2, 0) is 5.41 Å². The van der Waals surface area contributed by atoms with Gasteiger partial charge in [0.05, 0.1) is 20.1 Å². The van der Waals surface area contributed by atoms with E-state index in [9.17, 15) is 10.2 Å². The van der Waals surface area contributed by atoms with E-state index in [2.05, 4.69) is 0 Å². The lowest BCUT2D eigenvalue weighted by Crippen LogP contribution is -2.20. The summed E-state index contributed by atoms with van der Waals surface area (Å²) in [5.74, 6) is 0.425. The molecule has 0 saturated carbocycles. The minimum Gasteiger partial charge on any atom is -0.462 e. The second-order valence-corrected chi connectivity index (χ2v) is 8.23. The fourth-order valence-corrected chi connectivity index (χ4v) is 3.73. The summed E-state index contributed by atoms with van der Waals surface area (Å²) < 4.78 is 10.5. The number of benzene rings is 2. The summed E-state index contributed by atoms with van der Waals surface area (Å²) in [6, 6.07) is 6.86. The second kappa shape index (κ2) is 8.64. The number of aliphatic hydroxyl groups is 2. The Morgan fingerprint density at radius 2 is 0.963 bits per heavy atom. The van der Waals surface area contributed by atoms with E-state index in [1.807, 2.05) is 13.8 Å². The standard InChI is InChI=1S/C19H20Cl4O4/c1-9(24)26-17-13(20)5-11(6-14(17)21)19(3,4)12-7-15(22)18(16(23)8-12)27-10(2)25/h5-10,24-25H,1-4H3. The highest BCUT2D eigenvalue weighted by Gasteiger charge is 2.28. The van der Waals surface area contributed by atoms with Crippen molar-refractivity contribution in [2.75, 3.05) is 0 Å². The van der Waals surface area contributed by atoms with Crippen LogP contribution in [0.25, 0.3) is 0 Å². The van der Waals surface area contributed by atoms with Gasteiger partial charge < -0.3 is 19.7 Å². The fraction of sp³-hybridized carbons (Fsp3) is 0.368. The van der Waals surface area contributed by atoms with Gasteiger partial charge in [-0.1, -0.05) is 60.3 Å². The first-order chi connectivity index (χ1) is 12.4. The van der Waals surface area contributed by atoms with Crippen LogP contribution < -0.4 is 9.47 Å². The van der Waals surface area contributed by atoms with Crippen molar-refractivity contribution in [3.8, 4) is 11.5 Å². The molecule has 0 aliphatic rings. The van der Waals surface area contributed by atoms with Crippen molar-refractivity contribution in [2.45, 2.75) is 45.7 Å². The van der Waals surface area contributed by atoms with Gasteiger partial charge in [-0.2, -0.15) is 0 Å². The molecular formula is C19H20Cl4O4. The summed E-state index contributed by atoms with van der Waals surface area (Å²) in [6.07, 6.45) is -2.09. The second-order valence-electron chi connectivity index (χ2n) is 6.60. The Bertz CT molecular complexity index is 721. The van der Waals surface area contributed by atoms with Crippen LogP contribution >= 0.6 is 46.4 Å². The quantitative estimate of drug-likeness (QED) is 0.521. The SMILES string of the molecule is CC(O)Oc1c(Cl)cc(C(C)(C)c2cc(Cl)c(OC(C)O)c(Cl)c2)cc1Cl. The molecule has 0 aliphatic heterocycles. The minimum absolute atomic E-state index is 0.213. The summed E-state index contributed by atoms with van der Waals surface area (Å²) in [5.41, 5.74) is 1.03. The van der Waals surface area contributed by atoms with Gasteiger partial charge in [0.1, 0.15) is 0 Å². The van der Waals surface area contributed by atoms with Crippen molar-refractivity contribution in [1.29, 1.82) is 0 Å². The van der Waals surface area contributed by atoms with Crippen molar-refractivity contribution < 1.29 is 19.7 Å². The number of rotatable bonds is 6. The zero-order valence-corrected chi connectivity index (χ0v) is 18.2. The minimum atomic E-state index is -1.04. The summed E-state index contributed by atoms with van der Waals surface area (Å²) in [7, 11) is 0. The van der Waals surface area contributed by atoms with Gasteiger partial charge in [-0.05, 0) is 49.2 Å². The molecule has 148 valence electrons. The van der Waals surface area contributed by atoms with Gasteiger partial charge in [0.2, 0.25) is 0 Å². The summed E-state index contributed by atoms with van der Waals surface area (Å²) in [4.78, 5) is 0. The Kier molecular flexibility index (Phi) is 7.17. The van der Waals surface area contributed by atoms with Crippen molar-refractivity contribution in [3.05, 3.63) is 55.5 Å². The van der Waals surface area contributed by atoms with Crippen molar-refractivity contribution in [3.63, 3.8) is 0 Å². The van der Waals surface area contributed by atoms with Crippen LogP contribution in [-0.4, -0.2) is 22.8 Å². The largest absolute Gasteiger partial charge is 0.462 e. The predicted octanol–water partition coefficient (Wildman–Crippen LogP) is 6.06. The van der Waals surface area contributed by atoms with E-state index in [0.29, 0.717) is 0 Å². The molecule has 0 bridgehead atoms. The molecule has 2 rings (SSSR count). The maximum Gasteiger partial charge on any atom is 0.194 e. The molecule has 0 heterocycles. The Balaban J connectivity index is 2.50. The number of hydrogen-bond acceptors (Lipinski definition) is 4. The van der Waals surface area contributed by atoms with Crippen LogP contribution in [0.3, 0.4) is 0 Å². The fourth-order valence-electron chi connectivity index (χ4n) is 2.57. The summed E-state index contributed by atoms with van der Waals surface area (Å²) in [6.45, 7) is 6.85. The predicted molar refractivity (Wildman–Crippen MR) is 110 cm³/mol. The van der Waals surface area contributed by atoms with Crippen molar-refractivity contribution in [2.24, 2.45) is 0 Å². The topological polar surface area (TPSA) is 58.9 Å². The molecule has 2 N–H and O–H groups in total. The van der Waals surface area contributed by atoms with E-state index >= 15 is 0 Å². The molecule has 2 aromatic carbocycles. The lowest BCUT2D eigenvalue weighted by atomic mass is 9.78. The molecule has 27 heavy (non-hydrogen) atoms. The smallest absolute Gasteiger partial charge is 0.194 e. The molecular weight excluding hydrogens is 434 g/mol. The molecule has 4 nitrogen and oxygen atoms in total. The van der Waals surface area contributed by atoms with E-state index < -0.39 is 18.0 Å². The maximum atomic E-state index is 9.41. The molecule has 0 radical (unpaired) electrons. The monoisotopic (exact) mass is 452 g/mol. The third-order valence-corrected chi connectivity index (χ3v) is 5.14. The lowest BCUT2D eigenvalue weighted by Gasteiger charge is -2.28. The molecule has 0 fully saturated rings. The Morgan fingerprint density at radius 3 is 1.19 bits per heavy atom. The van der Waals surface area contributed by atoms with E-state index in [-0.39, 0.29) is 31.6 Å². The zero-order chi connectivity index (χ0) is 20.5. The van der Waals surface area contributed by atoms with Crippen LogP contribution in [0.5, 0.6) is 11.5 Å². The molecule has 0 amide bonds. The first-order valence-corrected chi connectivity index (χ1v) is 9.63. The van der Waals surface area contributed by atoms with Crippen molar-refractivity contribution >= 4 is 46.4 Å². The first kappa shape index (κ1) is 22.4. The van der Waals surface area contributed by atoms with Crippen LogP contribution in [0.15, 0.2) is 24.3 Å². The van der Waals surface area contributed by atoms with Crippen LogP contribution in [0.4, 0.5) is 0 Å². The molecule has 0 spiro atoms. The highest BCUT2D eigenvalue weighted by Crippen LogP contribution is 2.44. The van der Waals surface area contributed by atoms with E-state index in [0.717, 1.165) is 11.1 Å². The normalized spacial score (nSPS) is 14.0. The third-order valence-electron chi connectivity index (χ3n) is 4.02. The highest BCUT2D eigenvalue weighted by molar-refractivity contribution is 6.38. The van der Waals surface area contributed by atoms with Gasteiger partial charge in [-0.25, -0.2) is 0 Å². The number of hydrogen-bond donors (Lipinski definition) is 2. The van der Waals surface area contributed by atoms with E-state index in [1.54, 1.807) is 24.3 Å². The van der Waals surface area contributed by atoms with Crippen LogP contribution in [0.1, 0.15) is 38.8 Å². The Labute approximate surface area is 178 Å². The number of aliphatic hydroxyl groups excluding tert-OH is 2. The molecule has 8 heteroatoms. The summed E-state index contributed by atoms with van der Waals surface area (Å²) in [5, 5.41) is 19.9. The van der Waals surface area contributed by atoms with Crippen LogP contribution in [0, 0.1) is 0 Å². The van der Waals surface area contributed by atoms with E-state index in [4.69, 9.17) is 55.9 Å². The molecule has 2 atom stereocenters. The van der Waals surface area contributed by atoms with Gasteiger partial charge >= 0.3 is 0 Å². The highest BCUT2D eigenvalue weighted by atomic mass is 35.5. The Hall–Kier alpha value is -0.880. The van der Waals surface area contributed by atoms with Gasteiger partial charge in [0.15, 0.2) is 24.1 Å². The van der Waals surface area contributed by atoms with Crippen LogP contribution in [0.2, 0.25) is 20.1 Å².